The van der Waals surface area contributed by atoms with Crippen molar-refractivity contribution < 1.29 is 14.0 Å². The van der Waals surface area contributed by atoms with Gasteiger partial charge in [0, 0.05) is 12.1 Å². The van der Waals surface area contributed by atoms with E-state index in [0.29, 0.717) is 11.3 Å². The van der Waals surface area contributed by atoms with Crippen LogP contribution in [-0.2, 0) is 0 Å². The van der Waals surface area contributed by atoms with Gasteiger partial charge in [-0.25, -0.2) is 4.79 Å². The molecule has 0 aromatic carbocycles. The Kier molecular flexibility index (Phi) is 5.13. The topological polar surface area (TPSA) is 127 Å². The van der Waals surface area contributed by atoms with E-state index in [0.717, 1.165) is 25.9 Å². The van der Waals surface area contributed by atoms with Gasteiger partial charge in [0.25, 0.3) is 5.91 Å². The van der Waals surface area contributed by atoms with Crippen molar-refractivity contribution in [1.82, 2.24) is 10.3 Å². The maximum atomic E-state index is 12.5. The lowest BCUT2D eigenvalue weighted by molar-refractivity contribution is 0.0995. The fourth-order valence-electron chi connectivity index (χ4n) is 3.05. The third-order valence-corrected chi connectivity index (χ3v) is 4.42. The molecule has 136 valence electrons. The number of nitrogens with one attached hydrogen (secondary N) is 2. The van der Waals surface area contributed by atoms with Crippen molar-refractivity contribution in [3.05, 3.63) is 57.4 Å². The Morgan fingerprint density at radius 2 is 2.00 bits per heavy atom. The van der Waals surface area contributed by atoms with Crippen LogP contribution in [0.1, 0.15) is 50.8 Å². The summed E-state index contributed by atoms with van der Waals surface area (Å²) in [5.41, 5.74) is 5.44. The number of carbonyl (C=O) groups excluding carboxylic acids is 2. The van der Waals surface area contributed by atoms with Gasteiger partial charge in [-0.2, -0.15) is 0 Å². The lowest BCUT2D eigenvalue weighted by atomic mass is 9.94. The zero-order chi connectivity index (χ0) is 18.7. The molecule has 2 aromatic heterocycles. The van der Waals surface area contributed by atoms with Gasteiger partial charge in [-0.05, 0) is 50.6 Å². The van der Waals surface area contributed by atoms with E-state index in [1.807, 2.05) is 0 Å². The predicted molar refractivity (Wildman–Crippen MR) is 95.3 cm³/mol. The third kappa shape index (κ3) is 3.80. The van der Waals surface area contributed by atoms with Gasteiger partial charge in [-0.15, -0.1) is 0 Å². The minimum atomic E-state index is -0.671. The van der Waals surface area contributed by atoms with Crippen molar-refractivity contribution in [2.75, 3.05) is 18.4 Å². The Balaban J connectivity index is 1.84. The summed E-state index contributed by atoms with van der Waals surface area (Å²) in [6.45, 7) is 3.45. The second-order valence-electron chi connectivity index (χ2n) is 6.30. The molecule has 0 radical (unpaired) electrons. The molecule has 0 spiro atoms. The number of aromatic nitrogens is 1. The Morgan fingerprint density at radius 3 is 2.65 bits per heavy atom. The van der Waals surface area contributed by atoms with Crippen LogP contribution in [0.2, 0.25) is 0 Å². The molecule has 2 amide bonds. The summed E-state index contributed by atoms with van der Waals surface area (Å²) in [5, 5.41) is 5.82. The molecule has 0 atom stereocenters. The molecule has 2 aromatic rings. The SMILES string of the molecule is Cc1cc(C2CCNCC2)oc(=O)c1C(=O)Nc1cncc(C(N)=O)c1. The van der Waals surface area contributed by atoms with Gasteiger partial charge in [-0.1, -0.05) is 0 Å². The van der Waals surface area contributed by atoms with Crippen LogP contribution in [0.15, 0.2) is 33.7 Å². The third-order valence-electron chi connectivity index (χ3n) is 4.42. The first-order chi connectivity index (χ1) is 12.5. The van der Waals surface area contributed by atoms with Crippen LogP contribution in [0.4, 0.5) is 5.69 Å². The molecule has 1 fully saturated rings. The normalized spacial score (nSPS) is 14.8. The van der Waals surface area contributed by atoms with E-state index in [4.69, 9.17) is 10.2 Å². The number of amides is 2. The number of anilines is 1. The number of pyridine rings is 1. The summed E-state index contributed by atoms with van der Waals surface area (Å²) >= 11 is 0. The Labute approximate surface area is 149 Å². The first kappa shape index (κ1) is 17.8. The molecule has 8 nitrogen and oxygen atoms in total. The molecule has 3 heterocycles. The van der Waals surface area contributed by atoms with Gasteiger partial charge in [0.15, 0.2) is 0 Å². The van der Waals surface area contributed by atoms with Crippen LogP contribution in [0.5, 0.6) is 0 Å². The average Bonchev–Trinajstić information content (AvgIpc) is 2.62. The summed E-state index contributed by atoms with van der Waals surface area (Å²) in [5.74, 6) is -0.480. The highest BCUT2D eigenvalue weighted by molar-refractivity contribution is 6.05. The zero-order valence-electron chi connectivity index (χ0n) is 14.4. The van der Waals surface area contributed by atoms with E-state index in [1.165, 1.54) is 18.5 Å². The van der Waals surface area contributed by atoms with Gasteiger partial charge in [-0.3, -0.25) is 14.6 Å². The number of nitrogens with two attached hydrogens (primary N) is 1. The van der Waals surface area contributed by atoms with Crippen LogP contribution < -0.4 is 22.0 Å². The van der Waals surface area contributed by atoms with Crippen LogP contribution >= 0.6 is 0 Å². The number of hydrogen-bond donors (Lipinski definition) is 3. The van der Waals surface area contributed by atoms with Gasteiger partial charge in [0.05, 0.1) is 17.4 Å². The minimum absolute atomic E-state index is 0.0628. The van der Waals surface area contributed by atoms with Crippen LogP contribution in [-0.4, -0.2) is 29.9 Å². The van der Waals surface area contributed by atoms with Gasteiger partial charge in [0.1, 0.15) is 11.3 Å². The summed E-state index contributed by atoms with van der Waals surface area (Å²) in [6, 6.07) is 3.15. The summed E-state index contributed by atoms with van der Waals surface area (Å²) in [7, 11) is 0. The van der Waals surface area contributed by atoms with Crippen LogP contribution in [0.3, 0.4) is 0 Å². The number of primary amides is 1. The molecule has 0 bridgehead atoms. The average molecular weight is 356 g/mol. The van der Waals surface area contributed by atoms with Crippen molar-refractivity contribution >= 4 is 17.5 Å². The maximum absolute atomic E-state index is 12.5. The van der Waals surface area contributed by atoms with E-state index < -0.39 is 17.4 Å². The molecular formula is C18H20N4O4. The van der Waals surface area contributed by atoms with Gasteiger partial charge in [0.2, 0.25) is 5.91 Å². The monoisotopic (exact) mass is 356 g/mol. The molecule has 1 aliphatic heterocycles. The van der Waals surface area contributed by atoms with Crippen molar-refractivity contribution in [3.8, 4) is 0 Å². The highest BCUT2D eigenvalue weighted by atomic mass is 16.4. The van der Waals surface area contributed by atoms with E-state index >= 15 is 0 Å². The van der Waals surface area contributed by atoms with Crippen molar-refractivity contribution in [1.29, 1.82) is 0 Å². The number of rotatable bonds is 4. The molecular weight excluding hydrogens is 336 g/mol. The van der Waals surface area contributed by atoms with Gasteiger partial charge < -0.3 is 20.8 Å². The lowest BCUT2D eigenvalue weighted by Crippen LogP contribution is -2.28. The van der Waals surface area contributed by atoms with Crippen molar-refractivity contribution in [2.45, 2.75) is 25.7 Å². The van der Waals surface area contributed by atoms with E-state index in [9.17, 15) is 14.4 Å². The summed E-state index contributed by atoms with van der Waals surface area (Å²) in [4.78, 5) is 39.9. The predicted octanol–water partition coefficient (Wildman–Crippen LogP) is 1.16. The molecule has 4 N–H and O–H groups in total. The molecule has 0 aliphatic carbocycles. The fourth-order valence-corrected chi connectivity index (χ4v) is 3.05. The number of aryl methyl sites for hydroxylation is 1. The van der Waals surface area contributed by atoms with E-state index in [2.05, 4.69) is 15.6 Å². The fraction of sp³-hybridized carbons (Fsp3) is 0.333. The molecule has 26 heavy (non-hydrogen) atoms. The second kappa shape index (κ2) is 7.49. The molecule has 1 saturated heterocycles. The quantitative estimate of drug-likeness (QED) is 0.754. The lowest BCUT2D eigenvalue weighted by Gasteiger charge is -2.21. The van der Waals surface area contributed by atoms with Gasteiger partial charge >= 0.3 is 5.63 Å². The van der Waals surface area contributed by atoms with E-state index in [-0.39, 0.29) is 22.7 Å². The first-order valence-corrected chi connectivity index (χ1v) is 8.37. The first-order valence-electron chi connectivity index (χ1n) is 8.37. The number of piperidine rings is 1. The highest BCUT2D eigenvalue weighted by Gasteiger charge is 2.22. The van der Waals surface area contributed by atoms with E-state index in [1.54, 1.807) is 13.0 Å². The number of nitrogens with zero attached hydrogens (tertiary/aromatic N) is 1. The van der Waals surface area contributed by atoms with Crippen molar-refractivity contribution in [3.63, 3.8) is 0 Å². The second-order valence-corrected chi connectivity index (χ2v) is 6.30. The largest absolute Gasteiger partial charge is 0.427 e. The molecule has 0 unspecified atom stereocenters. The standard InChI is InChI=1S/C18H20N4O4/c1-10-6-14(11-2-4-20-5-3-11)26-18(25)15(10)17(24)22-13-7-12(16(19)23)8-21-9-13/h6-9,11,20H,2-5H2,1H3,(H2,19,23)(H,22,24). The number of hydrogen-bond acceptors (Lipinski definition) is 6. The molecule has 1 aliphatic rings. The Hall–Kier alpha value is -3.00. The van der Waals surface area contributed by atoms with Crippen LogP contribution in [0.25, 0.3) is 0 Å². The Morgan fingerprint density at radius 1 is 1.27 bits per heavy atom. The molecule has 8 heteroatoms. The minimum Gasteiger partial charge on any atom is -0.427 e. The van der Waals surface area contributed by atoms with Crippen molar-refractivity contribution in [2.24, 2.45) is 5.73 Å². The summed E-state index contributed by atoms with van der Waals surface area (Å²) < 4.78 is 5.42. The summed E-state index contributed by atoms with van der Waals surface area (Å²) in [6.07, 6.45) is 4.44. The molecule has 3 rings (SSSR count). The zero-order valence-corrected chi connectivity index (χ0v) is 14.4. The number of carbonyl (C=O) groups is 2. The maximum Gasteiger partial charge on any atom is 0.349 e. The Bertz CT molecular complexity index is 900. The smallest absolute Gasteiger partial charge is 0.349 e. The molecule has 0 saturated carbocycles. The van der Waals surface area contributed by atoms with Crippen LogP contribution in [0, 0.1) is 6.92 Å². The highest BCUT2D eigenvalue weighted by Crippen LogP contribution is 2.25.